The maximum absolute atomic E-state index is 11.7. The number of rotatable bonds is 4. The van der Waals surface area contributed by atoms with Crippen molar-refractivity contribution in [3.8, 4) is 0 Å². The van der Waals surface area contributed by atoms with E-state index in [4.69, 9.17) is 23.2 Å². The van der Waals surface area contributed by atoms with Crippen molar-refractivity contribution < 1.29 is 4.79 Å². The molecule has 0 aliphatic rings. The SMILES string of the molecule is O=C(/C=C\c1ccc(Cl)cc1)/C=C/c1cccc(Cl)c1. The third-order valence-corrected chi connectivity index (χ3v) is 3.09. The maximum Gasteiger partial charge on any atom is 0.178 e. The van der Waals surface area contributed by atoms with Gasteiger partial charge in [-0.2, -0.15) is 0 Å². The van der Waals surface area contributed by atoms with Gasteiger partial charge in [0.25, 0.3) is 0 Å². The van der Waals surface area contributed by atoms with Crippen molar-refractivity contribution >= 4 is 41.1 Å². The second-order valence-electron chi connectivity index (χ2n) is 4.18. The molecule has 0 unspecified atom stereocenters. The molecule has 1 nitrogen and oxygen atoms in total. The molecular formula is C17H12Cl2O. The van der Waals surface area contributed by atoms with E-state index in [1.165, 1.54) is 12.2 Å². The minimum absolute atomic E-state index is 0.0834. The quantitative estimate of drug-likeness (QED) is 0.701. The minimum atomic E-state index is -0.0834. The van der Waals surface area contributed by atoms with E-state index >= 15 is 0 Å². The molecule has 3 heteroatoms. The zero-order valence-electron chi connectivity index (χ0n) is 10.6. The molecule has 0 spiro atoms. The van der Waals surface area contributed by atoms with Crippen molar-refractivity contribution in [1.29, 1.82) is 0 Å². The molecule has 0 atom stereocenters. The number of ketones is 1. The molecule has 0 saturated carbocycles. The molecule has 2 aromatic carbocycles. The van der Waals surface area contributed by atoms with Gasteiger partial charge in [-0.25, -0.2) is 0 Å². The Bertz CT molecular complexity index is 655. The largest absolute Gasteiger partial charge is 0.290 e. The van der Waals surface area contributed by atoms with E-state index in [0.717, 1.165) is 11.1 Å². The molecule has 0 heterocycles. The third kappa shape index (κ3) is 4.69. The second kappa shape index (κ2) is 7.09. The summed E-state index contributed by atoms with van der Waals surface area (Å²) < 4.78 is 0. The van der Waals surface area contributed by atoms with Crippen LogP contribution in [0.15, 0.2) is 60.7 Å². The van der Waals surface area contributed by atoms with Crippen LogP contribution in [-0.4, -0.2) is 5.78 Å². The predicted molar refractivity (Wildman–Crippen MR) is 86.0 cm³/mol. The van der Waals surface area contributed by atoms with Gasteiger partial charge in [0.1, 0.15) is 0 Å². The highest BCUT2D eigenvalue weighted by molar-refractivity contribution is 6.31. The number of benzene rings is 2. The molecule has 0 amide bonds. The Labute approximate surface area is 128 Å². The Balaban J connectivity index is 2.00. The number of allylic oxidation sites excluding steroid dienone is 2. The topological polar surface area (TPSA) is 17.1 Å². The lowest BCUT2D eigenvalue weighted by Gasteiger charge is -1.94. The van der Waals surface area contributed by atoms with E-state index in [1.807, 2.05) is 24.3 Å². The van der Waals surface area contributed by atoms with Crippen molar-refractivity contribution in [3.05, 3.63) is 81.9 Å². The Morgan fingerprint density at radius 2 is 1.45 bits per heavy atom. The van der Waals surface area contributed by atoms with Gasteiger partial charge >= 0.3 is 0 Å². The fourth-order valence-corrected chi connectivity index (χ4v) is 1.92. The molecule has 0 bridgehead atoms. The summed E-state index contributed by atoms with van der Waals surface area (Å²) in [4.78, 5) is 11.7. The van der Waals surface area contributed by atoms with Crippen LogP contribution in [0.25, 0.3) is 12.2 Å². The molecule has 0 aromatic heterocycles. The predicted octanol–water partition coefficient (Wildman–Crippen LogP) is 5.29. The first kappa shape index (κ1) is 14.6. The fourth-order valence-electron chi connectivity index (χ4n) is 1.60. The maximum atomic E-state index is 11.7. The number of hydrogen-bond acceptors (Lipinski definition) is 1. The fraction of sp³-hybridized carbons (Fsp3) is 0. The molecule has 0 radical (unpaired) electrons. The van der Waals surface area contributed by atoms with Crippen molar-refractivity contribution in [2.24, 2.45) is 0 Å². The number of halogens is 2. The highest BCUT2D eigenvalue weighted by Crippen LogP contribution is 2.12. The molecule has 20 heavy (non-hydrogen) atoms. The lowest BCUT2D eigenvalue weighted by Crippen LogP contribution is -1.84. The van der Waals surface area contributed by atoms with Gasteiger partial charge in [-0.1, -0.05) is 59.6 Å². The first-order chi connectivity index (χ1) is 9.63. The molecule has 2 rings (SSSR count). The summed E-state index contributed by atoms with van der Waals surface area (Å²) in [6.45, 7) is 0. The number of carbonyl (C=O) groups is 1. The Morgan fingerprint density at radius 1 is 0.800 bits per heavy atom. The molecular weight excluding hydrogens is 291 g/mol. The van der Waals surface area contributed by atoms with Crippen LogP contribution in [0, 0.1) is 0 Å². The van der Waals surface area contributed by atoms with Gasteiger partial charge in [-0.3, -0.25) is 4.79 Å². The lowest BCUT2D eigenvalue weighted by atomic mass is 10.1. The summed E-state index contributed by atoms with van der Waals surface area (Å²) in [5, 5.41) is 1.32. The molecule has 100 valence electrons. The second-order valence-corrected chi connectivity index (χ2v) is 5.05. The summed E-state index contributed by atoms with van der Waals surface area (Å²) in [6.07, 6.45) is 6.52. The summed E-state index contributed by atoms with van der Waals surface area (Å²) in [5.74, 6) is -0.0834. The first-order valence-electron chi connectivity index (χ1n) is 6.05. The van der Waals surface area contributed by atoms with Gasteiger partial charge in [-0.15, -0.1) is 0 Å². The highest BCUT2D eigenvalue weighted by Gasteiger charge is 1.93. The van der Waals surface area contributed by atoms with Crippen LogP contribution in [0.3, 0.4) is 0 Å². The molecule has 2 aromatic rings. The average Bonchev–Trinajstić information content (AvgIpc) is 2.45. The third-order valence-electron chi connectivity index (χ3n) is 2.60. The smallest absolute Gasteiger partial charge is 0.178 e. The normalized spacial score (nSPS) is 11.3. The van der Waals surface area contributed by atoms with E-state index in [1.54, 1.807) is 36.4 Å². The van der Waals surface area contributed by atoms with Crippen LogP contribution in [0.1, 0.15) is 11.1 Å². The van der Waals surface area contributed by atoms with Gasteiger partial charge < -0.3 is 0 Å². The van der Waals surface area contributed by atoms with Gasteiger partial charge in [0.15, 0.2) is 5.78 Å². The molecule has 0 fully saturated rings. The summed E-state index contributed by atoms with van der Waals surface area (Å²) in [7, 11) is 0. The van der Waals surface area contributed by atoms with Crippen LogP contribution in [0.5, 0.6) is 0 Å². The van der Waals surface area contributed by atoms with Gasteiger partial charge in [0.05, 0.1) is 0 Å². The number of hydrogen-bond donors (Lipinski definition) is 0. The van der Waals surface area contributed by atoms with E-state index in [9.17, 15) is 4.79 Å². The zero-order valence-corrected chi connectivity index (χ0v) is 12.1. The number of carbonyl (C=O) groups excluding carboxylic acids is 1. The molecule has 0 saturated heterocycles. The standard InChI is InChI=1S/C17H12Cl2O/c18-15-8-4-13(5-9-15)6-10-17(20)11-7-14-2-1-3-16(19)12-14/h1-12H/b10-6-,11-7+. The highest BCUT2D eigenvalue weighted by atomic mass is 35.5. The summed E-state index contributed by atoms with van der Waals surface area (Å²) in [6, 6.07) is 14.6. The van der Waals surface area contributed by atoms with Crippen LogP contribution >= 0.6 is 23.2 Å². The van der Waals surface area contributed by atoms with Crippen LogP contribution in [0.2, 0.25) is 10.0 Å². The van der Waals surface area contributed by atoms with E-state index in [0.29, 0.717) is 10.0 Å². The van der Waals surface area contributed by atoms with Crippen molar-refractivity contribution in [3.63, 3.8) is 0 Å². The average molecular weight is 303 g/mol. The molecule has 0 aliphatic carbocycles. The first-order valence-corrected chi connectivity index (χ1v) is 6.80. The van der Waals surface area contributed by atoms with Crippen molar-refractivity contribution in [2.75, 3.05) is 0 Å². The van der Waals surface area contributed by atoms with Gasteiger partial charge in [0.2, 0.25) is 0 Å². The van der Waals surface area contributed by atoms with E-state index in [2.05, 4.69) is 0 Å². The minimum Gasteiger partial charge on any atom is -0.290 e. The summed E-state index contributed by atoms with van der Waals surface area (Å²) >= 11 is 11.7. The van der Waals surface area contributed by atoms with Crippen LogP contribution < -0.4 is 0 Å². The zero-order chi connectivity index (χ0) is 14.4. The van der Waals surface area contributed by atoms with Gasteiger partial charge in [0, 0.05) is 10.0 Å². The molecule has 0 N–H and O–H groups in total. The Morgan fingerprint density at radius 3 is 2.10 bits per heavy atom. The van der Waals surface area contributed by atoms with E-state index in [-0.39, 0.29) is 5.78 Å². The Kier molecular flexibility index (Phi) is 5.16. The molecule has 0 aliphatic heterocycles. The van der Waals surface area contributed by atoms with Crippen LogP contribution in [0.4, 0.5) is 0 Å². The Hall–Kier alpha value is -1.83. The van der Waals surface area contributed by atoms with Gasteiger partial charge in [-0.05, 0) is 47.5 Å². The van der Waals surface area contributed by atoms with E-state index < -0.39 is 0 Å². The van der Waals surface area contributed by atoms with Crippen molar-refractivity contribution in [1.82, 2.24) is 0 Å². The van der Waals surface area contributed by atoms with Crippen LogP contribution in [-0.2, 0) is 4.79 Å². The summed E-state index contributed by atoms with van der Waals surface area (Å²) in [5.41, 5.74) is 1.82. The monoisotopic (exact) mass is 302 g/mol. The lowest BCUT2D eigenvalue weighted by molar-refractivity contribution is -0.110. The van der Waals surface area contributed by atoms with Crippen molar-refractivity contribution in [2.45, 2.75) is 0 Å².